The van der Waals surface area contributed by atoms with Crippen LogP contribution in [0.4, 0.5) is 27.6 Å². The molecule has 1 N–H and O–H groups in total. The molecule has 0 saturated heterocycles. The molecule has 12 heteroatoms. The van der Waals surface area contributed by atoms with E-state index in [-0.39, 0.29) is 26.9 Å². The van der Waals surface area contributed by atoms with Gasteiger partial charge in [0.1, 0.15) is 17.3 Å². The van der Waals surface area contributed by atoms with Crippen molar-refractivity contribution in [2.45, 2.75) is 6.18 Å². The Labute approximate surface area is 185 Å². The summed E-state index contributed by atoms with van der Waals surface area (Å²) in [4.78, 5) is 16.3. The van der Waals surface area contributed by atoms with Crippen LogP contribution in [-0.4, -0.2) is 20.5 Å². The number of anilines is 1. The zero-order valence-corrected chi connectivity index (χ0v) is 17.2. The van der Waals surface area contributed by atoms with Gasteiger partial charge in [-0.15, -0.1) is 5.10 Å². The van der Waals surface area contributed by atoms with Crippen LogP contribution in [0.5, 0.6) is 0 Å². The number of nitrogens with one attached hydrogen (secondary N) is 1. The number of nitrogens with zero attached hydrogens (tertiary/aromatic N) is 3. The minimum absolute atomic E-state index is 0.0165. The minimum atomic E-state index is -4.68. The number of imidazole rings is 1. The molecule has 0 radical (unpaired) electrons. The fourth-order valence-corrected chi connectivity index (χ4v) is 3.81. The van der Waals surface area contributed by atoms with Gasteiger partial charge in [0.25, 0.3) is 0 Å². The Hall–Kier alpha value is -3.31. The van der Waals surface area contributed by atoms with E-state index in [4.69, 9.17) is 11.6 Å². The molecule has 0 atom stereocenters. The summed E-state index contributed by atoms with van der Waals surface area (Å²) in [5, 5.41) is 4.91. The lowest BCUT2D eigenvalue weighted by Crippen LogP contribution is -2.08. The van der Waals surface area contributed by atoms with Gasteiger partial charge in [-0.1, -0.05) is 22.9 Å². The number of hydrogen-bond donors (Lipinski definition) is 1. The maximum atomic E-state index is 13.4. The van der Waals surface area contributed by atoms with E-state index in [1.165, 1.54) is 24.3 Å². The largest absolute Gasteiger partial charge is 0.445 e. The average molecular weight is 485 g/mol. The quantitative estimate of drug-likeness (QED) is 0.283. The molecule has 0 unspecified atom stereocenters. The molecule has 2 heterocycles. The number of hydrogen-bond acceptors (Lipinski definition) is 4. The topological polar surface area (TPSA) is 59.3 Å². The van der Waals surface area contributed by atoms with Crippen LogP contribution in [0.25, 0.3) is 22.3 Å². The van der Waals surface area contributed by atoms with Gasteiger partial charge in [0.15, 0.2) is 0 Å². The molecule has 4 rings (SSSR count). The van der Waals surface area contributed by atoms with Crippen molar-refractivity contribution < 1.29 is 26.7 Å². The van der Waals surface area contributed by atoms with Crippen LogP contribution in [0.15, 0.2) is 48.5 Å². The molecule has 0 bridgehead atoms. The highest BCUT2D eigenvalue weighted by atomic mass is 35.5. The highest BCUT2D eigenvalue weighted by Crippen LogP contribution is 2.37. The standard InChI is InChI=1S/C20H10ClF5N4OS/c21-14-9-11(23)3-6-13(14)17-15(30-19(28-17)32-18(29-30)20(24,25)26)7-8-16(31)27-12-4-1-10(22)2-5-12/h1-9H,(H,27,31). The normalized spacial score (nSPS) is 12.1. The van der Waals surface area contributed by atoms with Crippen molar-refractivity contribution in [2.75, 3.05) is 5.32 Å². The minimum Gasteiger partial charge on any atom is -0.323 e. The number of halogens is 6. The van der Waals surface area contributed by atoms with Gasteiger partial charge >= 0.3 is 6.18 Å². The molecule has 0 aliphatic carbocycles. The van der Waals surface area contributed by atoms with Crippen LogP contribution in [-0.2, 0) is 11.0 Å². The van der Waals surface area contributed by atoms with Crippen LogP contribution < -0.4 is 5.32 Å². The summed E-state index contributed by atoms with van der Waals surface area (Å²) in [5.41, 5.74) is 0.718. The molecule has 164 valence electrons. The van der Waals surface area contributed by atoms with Crippen molar-refractivity contribution in [1.29, 1.82) is 0 Å². The second kappa shape index (κ2) is 8.32. The highest BCUT2D eigenvalue weighted by molar-refractivity contribution is 7.16. The van der Waals surface area contributed by atoms with E-state index in [0.717, 1.165) is 34.9 Å². The first-order valence-corrected chi connectivity index (χ1v) is 9.98. The summed E-state index contributed by atoms with van der Waals surface area (Å²) in [5.74, 6) is -1.72. The SMILES string of the molecule is O=C(C=Cc1c(-c2ccc(F)cc2Cl)nc2sc(C(F)(F)F)nn12)Nc1ccc(F)cc1. The lowest BCUT2D eigenvalue weighted by molar-refractivity contribution is -0.138. The number of carbonyl (C=O) groups is 1. The fraction of sp³-hybridized carbons (Fsp3) is 0.0500. The van der Waals surface area contributed by atoms with Crippen LogP contribution in [0.1, 0.15) is 10.7 Å². The van der Waals surface area contributed by atoms with Gasteiger partial charge in [0.05, 0.1) is 10.7 Å². The summed E-state index contributed by atoms with van der Waals surface area (Å²) in [7, 11) is 0. The predicted molar refractivity (Wildman–Crippen MR) is 110 cm³/mol. The third kappa shape index (κ3) is 4.48. The molecule has 0 aliphatic heterocycles. The second-order valence-electron chi connectivity index (χ2n) is 6.40. The molecule has 32 heavy (non-hydrogen) atoms. The van der Waals surface area contributed by atoms with E-state index < -0.39 is 28.7 Å². The molecule has 0 spiro atoms. The lowest BCUT2D eigenvalue weighted by atomic mass is 10.1. The summed E-state index contributed by atoms with van der Waals surface area (Å²) >= 11 is 6.41. The van der Waals surface area contributed by atoms with Crippen molar-refractivity contribution in [3.8, 4) is 11.3 Å². The molecule has 4 aromatic rings. The van der Waals surface area contributed by atoms with Gasteiger partial charge in [-0.05, 0) is 48.5 Å². The Kier molecular flexibility index (Phi) is 5.70. The molecular weight excluding hydrogens is 475 g/mol. The molecular formula is C20H10ClF5N4OS. The van der Waals surface area contributed by atoms with Gasteiger partial charge in [0.2, 0.25) is 15.9 Å². The van der Waals surface area contributed by atoms with Gasteiger partial charge in [-0.2, -0.15) is 13.2 Å². The van der Waals surface area contributed by atoms with Gasteiger partial charge in [-0.25, -0.2) is 18.3 Å². The number of aromatic nitrogens is 3. The molecule has 0 fully saturated rings. The molecule has 1 amide bonds. The molecule has 5 nitrogen and oxygen atoms in total. The Bertz CT molecular complexity index is 1340. The number of alkyl halides is 3. The van der Waals surface area contributed by atoms with Crippen LogP contribution >= 0.6 is 22.9 Å². The highest BCUT2D eigenvalue weighted by Gasteiger charge is 2.36. The number of rotatable bonds is 4. The van der Waals surface area contributed by atoms with Crippen molar-refractivity contribution in [1.82, 2.24) is 14.6 Å². The summed E-state index contributed by atoms with van der Waals surface area (Å²) < 4.78 is 66.6. The monoisotopic (exact) mass is 484 g/mol. The van der Waals surface area contributed by atoms with Gasteiger partial charge in [-0.3, -0.25) is 4.79 Å². The van der Waals surface area contributed by atoms with Crippen LogP contribution in [0.2, 0.25) is 5.02 Å². The Morgan fingerprint density at radius 1 is 1.09 bits per heavy atom. The van der Waals surface area contributed by atoms with E-state index in [0.29, 0.717) is 17.0 Å². The summed E-state index contributed by atoms with van der Waals surface area (Å²) in [6.45, 7) is 0. The summed E-state index contributed by atoms with van der Waals surface area (Å²) in [6, 6.07) is 8.48. The van der Waals surface area contributed by atoms with Crippen LogP contribution in [0, 0.1) is 11.6 Å². The van der Waals surface area contributed by atoms with E-state index in [2.05, 4.69) is 15.4 Å². The first kappa shape index (κ1) is 21.9. The Morgan fingerprint density at radius 3 is 2.44 bits per heavy atom. The zero-order chi connectivity index (χ0) is 23.0. The second-order valence-corrected chi connectivity index (χ2v) is 7.76. The number of benzene rings is 2. The van der Waals surface area contributed by atoms with Crippen molar-refractivity contribution in [3.63, 3.8) is 0 Å². The van der Waals surface area contributed by atoms with E-state index in [9.17, 15) is 26.7 Å². The molecule has 2 aromatic heterocycles. The number of carbonyl (C=O) groups excluding carboxylic acids is 1. The smallest absolute Gasteiger partial charge is 0.323 e. The van der Waals surface area contributed by atoms with Crippen molar-refractivity contribution in [2.24, 2.45) is 0 Å². The fourth-order valence-electron chi connectivity index (χ4n) is 2.78. The van der Waals surface area contributed by atoms with Crippen LogP contribution in [0.3, 0.4) is 0 Å². The average Bonchev–Trinajstić information content (AvgIpc) is 3.27. The lowest BCUT2D eigenvalue weighted by Gasteiger charge is -2.04. The van der Waals surface area contributed by atoms with E-state index in [1.54, 1.807) is 0 Å². The predicted octanol–water partition coefficient (Wildman–Crippen LogP) is 6.06. The number of amides is 1. The maximum absolute atomic E-state index is 13.4. The van der Waals surface area contributed by atoms with Crippen molar-refractivity contribution >= 4 is 45.6 Å². The first-order chi connectivity index (χ1) is 15.1. The van der Waals surface area contributed by atoms with E-state index >= 15 is 0 Å². The molecule has 0 saturated carbocycles. The third-order valence-corrected chi connectivity index (χ3v) is 5.44. The zero-order valence-electron chi connectivity index (χ0n) is 15.6. The van der Waals surface area contributed by atoms with Gasteiger partial charge in [0, 0.05) is 17.3 Å². The Balaban J connectivity index is 1.75. The molecule has 2 aromatic carbocycles. The van der Waals surface area contributed by atoms with Gasteiger partial charge < -0.3 is 5.32 Å². The maximum Gasteiger partial charge on any atom is 0.445 e. The van der Waals surface area contributed by atoms with Crippen molar-refractivity contribution in [3.05, 3.63) is 75.9 Å². The van der Waals surface area contributed by atoms with E-state index in [1.807, 2.05) is 0 Å². The number of fused-ring (bicyclic) bond motifs is 1. The Morgan fingerprint density at radius 2 is 1.78 bits per heavy atom. The molecule has 0 aliphatic rings. The first-order valence-electron chi connectivity index (χ1n) is 8.78. The third-order valence-electron chi connectivity index (χ3n) is 4.17. The summed E-state index contributed by atoms with van der Waals surface area (Å²) in [6.07, 6.45) is -2.41.